The van der Waals surface area contributed by atoms with Gasteiger partial charge in [-0.2, -0.15) is 0 Å². The van der Waals surface area contributed by atoms with Crippen LogP contribution in [0, 0.1) is 5.41 Å². The Kier molecular flexibility index (Phi) is 4.86. The van der Waals surface area contributed by atoms with Crippen molar-refractivity contribution in [2.45, 2.75) is 19.9 Å². The maximum atomic E-state index is 5.86. The normalized spacial score (nSPS) is 24.0. The summed E-state index contributed by atoms with van der Waals surface area (Å²) in [7, 11) is 1.66. The largest absolute Gasteiger partial charge is 0.493 e. The van der Waals surface area contributed by atoms with Crippen molar-refractivity contribution in [2.24, 2.45) is 11.1 Å². The van der Waals surface area contributed by atoms with E-state index in [9.17, 15) is 0 Å². The van der Waals surface area contributed by atoms with E-state index in [0.29, 0.717) is 5.75 Å². The van der Waals surface area contributed by atoms with Gasteiger partial charge in [-0.15, -0.1) is 12.4 Å². The fraction of sp³-hybridized carbons (Fsp3) is 0.600. The van der Waals surface area contributed by atoms with Crippen LogP contribution in [0.2, 0.25) is 0 Å². The minimum absolute atomic E-state index is 0. The number of hydrogen-bond donors (Lipinski definition) is 1. The van der Waals surface area contributed by atoms with Crippen molar-refractivity contribution in [1.82, 2.24) is 4.90 Å². The topological polar surface area (TPSA) is 57.0 Å². The van der Waals surface area contributed by atoms with Gasteiger partial charge in [0.25, 0.3) is 0 Å². The summed E-state index contributed by atoms with van der Waals surface area (Å²) in [5.41, 5.74) is 7.30. The van der Waals surface area contributed by atoms with Gasteiger partial charge in [-0.1, -0.05) is 6.92 Å². The summed E-state index contributed by atoms with van der Waals surface area (Å²) in [6.45, 7) is 6.29. The van der Waals surface area contributed by atoms with Crippen molar-refractivity contribution in [3.8, 4) is 17.2 Å². The highest BCUT2D eigenvalue weighted by molar-refractivity contribution is 5.85. The van der Waals surface area contributed by atoms with Crippen LogP contribution in [0.5, 0.6) is 17.2 Å². The fourth-order valence-corrected chi connectivity index (χ4v) is 2.96. The van der Waals surface area contributed by atoms with Gasteiger partial charge in [0.05, 0.1) is 7.11 Å². The van der Waals surface area contributed by atoms with Gasteiger partial charge in [-0.25, -0.2) is 0 Å². The van der Waals surface area contributed by atoms with Crippen molar-refractivity contribution < 1.29 is 14.2 Å². The van der Waals surface area contributed by atoms with Gasteiger partial charge >= 0.3 is 0 Å². The number of methoxy groups -OCH3 is 1. The second-order valence-corrected chi connectivity index (χ2v) is 6.01. The van der Waals surface area contributed by atoms with E-state index in [-0.39, 0.29) is 24.6 Å². The quantitative estimate of drug-likeness (QED) is 0.921. The van der Waals surface area contributed by atoms with Crippen LogP contribution in [0.4, 0.5) is 0 Å². The Morgan fingerprint density at radius 3 is 2.86 bits per heavy atom. The molecule has 2 N–H and O–H groups in total. The van der Waals surface area contributed by atoms with Crippen LogP contribution in [0.3, 0.4) is 0 Å². The molecule has 0 bridgehead atoms. The average Bonchev–Trinajstić information content (AvgIpc) is 3.05. The Bertz CT molecular complexity index is 512. The Morgan fingerprint density at radius 1 is 1.38 bits per heavy atom. The smallest absolute Gasteiger partial charge is 0.231 e. The van der Waals surface area contributed by atoms with E-state index in [0.717, 1.165) is 44.1 Å². The summed E-state index contributed by atoms with van der Waals surface area (Å²) in [5, 5.41) is 0. The number of benzene rings is 1. The van der Waals surface area contributed by atoms with Crippen molar-refractivity contribution >= 4 is 12.4 Å². The molecule has 0 aliphatic carbocycles. The number of halogens is 1. The van der Waals surface area contributed by atoms with Crippen LogP contribution < -0.4 is 19.9 Å². The second-order valence-electron chi connectivity index (χ2n) is 6.01. The zero-order valence-electron chi connectivity index (χ0n) is 12.6. The molecule has 1 saturated heterocycles. The highest BCUT2D eigenvalue weighted by Gasteiger charge is 2.32. The lowest BCUT2D eigenvalue weighted by atomic mass is 9.90. The SMILES string of the molecule is COc1cc(CN2CCC(C)(CN)C2)cc2c1OCO2.Cl. The number of nitrogens with two attached hydrogens (primary N) is 1. The molecule has 1 aromatic rings. The average molecular weight is 315 g/mol. The van der Waals surface area contributed by atoms with E-state index >= 15 is 0 Å². The van der Waals surface area contributed by atoms with E-state index < -0.39 is 0 Å². The zero-order valence-corrected chi connectivity index (χ0v) is 13.4. The molecule has 0 radical (unpaired) electrons. The first-order chi connectivity index (χ1) is 9.63. The third-order valence-corrected chi connectivity index (χ3v) is 4.25. The van der Waals surface area contributed by atoms with E-state index in [1.165, 1.54) is 5.56 Å². The molecule has 0 spiro atoms. The molecule has 1 atom stereocenters. The minimum Gasteiger partial charge on any atom is -0.493 e. The van der Waals surface area contributed by atoms with Gasteiger partial charge in [0, 0.05) is 13.1 Å². The molecule has 21 heavy (non-hydrogen) atoms. The lowest BCUT2D eigenvalue weighted by Gasteiger charge is -2.22. The van der Waals surface area contributed by atoms with Gasteiger partial charge in [0.15, 0.2) is 11.5 Å². The lowest BCUT2D eigenvalue weighted by Crippen LogP contribution is -2.31. The van der Waals surface area contributed by atoms with Crippen LogP contribution in [0.15, 0.2) is 12.1 Å². The molecule has 5 nitrogen and oxygen atoms in total. The molecular formula is C15H23ClN2O3. The first-order valence-electron chi connectivity index (χ1n) is 7.02. The summed E-state index contributed by atoms with van der Waals surface area (Å²) in [6.07, 6.45) is 1.16. The van der Waals surface area contributed by atoms with Gasteiger partial charge in [0.1, 0.15) is 0 Å². The molecule has 2 heterocycles. The van der Waals surface area contributed by atoms with E-state index in [2.05, 4.69) is 11.8 Å². The van der Waals surface area contributed by atoms with Crippen molar-refractivity contribution in [3.63, 3.8) is 0 Å². The predicted molar refractivity (Wildman–Crippen MR) is 83.4 cm³/mol. The third kappa shape index (κ3) is 3.20. The summed E-state index contributed by atoms with van der Waals surface area (Å²) < 4.78 is 16.3. The summed E-state index contributed by atoms with van der Waals surface area (Å²) in [5.74, 6) is 2.24. The highest BCUT2D eigenvalue weighted by atomic mass is 35.5. The molecule has 1 unspecified atom stereocenters. The number of likely N-dealkylation sites (tertiary alicyclic amines) is 1. The first kappa shape index (κ1) is 16.2. The molecule has 2 aliphatic rings. The van der Waals surface area contributed by atoms with Gasteiger partial charge in [0.2, 0.25) is 12.5 Å². The lowest BCUT2D eigenvalue weighted by molar-refractivity contribution is 0.171. The fourth-order valence-electron chi connectivity index (χ4n) is 2.96. The molecule has 118 valence electrons. The van der Waals surface area contributed by atoms with Crippen LogP contribution in [0.25, 0.3) is 0 Å². The molecule has 2 aliphatic heterocycles. The number of hydrogen-bond acceptors (Lipinski definition) is 5. The van der Waals surface area contributed by atoms with E-state index in [1.54, 1.807) is 7.11 Å². The van der Waals surface area contributed by atoms with Crippen molar-refractivity contribution in [2.75, 3.05) is 33.5 Å². The first-order valence-corrected chi connectivity index (χ1v) is 7.02. The number of fused-ring (bicyclic) bond motifs is 1. The molecule has 0 aromatic heterocycles. The molecule has 1 fully saturated rings. The van der Waals surface area contributed by atoms with E-state index in [1.807, 2.05) is 12.1 Å². The van der Waals surface area contributed by atoms with Crippen molar-refractivity contribution in [1.29, 1.82) is 0 Å². The maximum absolute atomic E-state index is 5.86. The van der Waals surface area contributed by atoms with Crippen LogP contribution in [-0.2, 0) is 6.54 Å². The Labute approximate surface area is 131 Å². The second kappa shape index (κ2) is 6.30. The van der Waals surface area contributed by atoms with Gasteiger partial charge in [-0.3, -0.25) is 4.90 Å². The molecular weight excluding hydrogens is 292 g/mol. The number of nitrogens with zero attached hydrogens (tertiary/aromatic N) is 1. The standard InChI is InChI=1S/C15H22N2O3.ClH/c1-15(8-16)3-4-17(9-15)7-11-5-12(18-2)14-13(6-11)19-10-20-14;/h5-6H,3-4,7-10,16H2,1-2H3;1H. The minimum atomic E-state index is 0. The summed E-state index contributed by atoms with van der Waals surface area (Å²) >= 11 is 0. The molecule has 6 heteroatoms. The zero-order chi connectivity index (χ0) is 14.2. The van der Waals surface area contributed by atoms with Gasteiger partial charge < -0.3 is 19.9 Å². The Balaban J connectivity index is 0.00000161. The van der Waals surface area contributed by atoms with Crippen molar-refractivity contribution in [3.05, 3.63) is 17.7 Å². The molecule has 0 amide bonds. The van der Waals surface area contributed by atoms with Gasteiger partial charge in [-0.05, 0) is 42.6 Å². The highest BCUT2D eigenvalue weighted by Crippen LogP contribution is 2.42. The summed E-state index contributed by atoms with van der Waals surface area (Å²) in [4.78, 5) is 2.43. The summed E-state index contributed by atoms with van der Waals surface area (Å²) in [6, 6.07) is 4.08. The predicted octanol–water partition coefficient (Wildman–Crippen LogP) is 2.02. The van der Waals surface area contributed by atoms with Crippen LogP contribution in [-0.4, -0.2) is 38.4 Å². The molecule has 0 saturated carbocycles. The van der Waals surface area contributed by atoms with Crippen LogP contribution in [0.1, 0.15) is 18.9 Å². The third-order valence-electron chi connectivity index (χ3n) is 4.25. The Morgan fingerprint density at radius 2 is 2.19 bits per heavy atom. The number of rotatable bonds is 4. The maximum Gasteiger partial charge on any atom is 0.231 e. The van der Waals surface area contributed by atoms with E-state index in [4.69, 9.17) is 19.9 Å². The van der Waals surface area contributed by atoms with Crippen LogP contribution >= 0.6 is 12.4 Å². The number of ether oxygens (including phenoxy) is 3. The molecule has 3 rings (SSSR count). The molecule has 1 aromatic carbocycles. The monoisotopic (exact) mass is 314 g/mol. The Hall–Kier alpha value is -1.17.